The summed E-state index contributed by atoms with van der Waals surface area (Å²) in [6.45, 7) is 2.03. The van der Waals surface area contributed by atoms with Crippen LogP contribution in [0.3, 0.4) is 0 Å². The van der Waals surface area contributed by atoms with Crippen molar-refractivity contribution >= 4 is 32.7 Å². The largest absolute Gasteiger partial charge is 0.439 e. The van der Waals surface area contributed by atoms with E-state index in [1.54, 1.807) is 24.3 Å². The van der Waals surface area contributed by atoms with E-state index in [0.717, 1.165) is 20.9 Å². The number of hydrogen-bond donors (Lipinski definition) is 2. The highest BCUT2D eigenvalue weighted by atomic mass is 79.9. The van der Waals surface area contributed by atoms with Crippen molar-refractivity contribution in [3.8, 4) is 11.6 Å². The van der Waals surface area contributed by atoms with E-state index in [4.69, 9.17) is 15.9 Å². The van der Waals surface area contributed by atoms with Gasteiger partial charge in [-0.15, -0.1) is 0 Å². The molecule has 0 saturated heterocycles. The van der Waals surface area contributed by atoms with Crippen LogP contribution in [0.1, 0.15) is 11.1 Å². The fraction of sp³-hybridized carbons (Fsp3) is 0.0588. The van der Waals surface area contributed by atoms with Crippen LogP contribution in [-0.4, -0.2) is 10.8 Å². The number of benzene rings is 2. The number of aryl methyl sites for hydroxylation is 1. The lowest BCUT2D eigenvalue weighted by Crippen LogP contribution is -2.10. The summed E-state index contributed by atoms with van der Waals surface area (Å²) >= 11 is 3.46. The van der Waals surface area contributed by atoms with Crippen LogP contribution in [0, 0.1) is 12.3 Å². The zero-order valence-electron chi connectivity index (χ0n) is 11.9. The van der Waals surface area contributed by atoms with Gasteiger partial charge < -0.3 is 10.5 Å². The summed E-state index contributed by atoms with van der Waals surface area (Å²) in [6, 6.07) is 15.0. The highest BCUT2D eigenvalue weighted by molar-refractivity contribution is 9.10. The number of pyridine rings is 1. The van der Waals surface area contributed by atoms with E-state index in [0.29, 0.717) is 17.2 Å². The number of halogens is 1. The van der Waals surface area contributed by atoms with Gasteiger partial charge in [0.25, 0.3) is 0 Å². The zero-order valence-corrected chi connectivity index (χ0v) is 13.5. The van der Waals surface area contributed by atoms with Crippen LogP contribution in [0.4, 0.5) is 0 Å². The molecule has 3 rings (SSSR count). The van der Waals surface area contributed by atoms with E-state index in [1.165, 1.54) is 0 Å². The van der Waals surface area contributed by atoms with E-state index < -0.39 is 0 Å². The maximum atomic E-state index is 7.39. The average molecular weight is 356 g/mol. The van der Waals surface area contributed by atoms with Crippen LogP contribution >= 0.6 is 15.9 Å². The van der Waals surface area contributed by atoms with E-state index in [-0.39, 0.29) is 5.84 Å². The minimum absolute atomic E-state index is 0.0380. The number of nitrogens with zero attached hydrogens (tertiary/aromatic N) is 1. The van der Waals surface area contributed by atoms with Crippen LogP contribution in [0.5, 0.6) is 11.6 Å². The van der Waals surface area contributed by atoms with Gasteiger partial charge in [-0.1, -0.05) is 22.0 Å². The van der Waals surface area contributed by atoms with Crippen molar-refractivity contribution in [3.63, 3.8) is 0 Å². The lowest BCUT2D eigenvalue weighted by Gasteiger charge is -2.09. The van der Waals surface area contributed by atoms with Crippen LogP contribution in [0.2, 0.25) is 0 Å². The third kappa shape index (κ3) is 2.94. The predicted octanol–water partition coefficient (Wildman–Crippen LogP) is 4.38. The number of rotatable bonds is 3. The van der Waals surface area contributed by atoms with Gasteiger partial charge in [0.2, 0.25) is 5.88 Å². The van der Waals surface area contributed by atoms with Crippen molar-refractivity contribution in [2.45, 2.75) is 6.92 Å². The Hall–Kier alpha value is -2.40. The molecule has 0 atom stereocenters. The van der Waals surface area contributed by atoms with E-state index in [1.807, 2.05) is 31.2 Å². The van der Waals surface area contributed by atoms with Gasteiger partial charge in [0.05, 0.1) is 5.52 Å². The molecule has 0 aliphatic rings. The maximum Gasteiger partial charge on any atom is 0.220 e. The number of ether oxygens (including phenoxy) is 1. The van der Waals surface area contributed by atoms with Crippen LogP contribution < -0.4 is 10.5 Å². The highest BCUT2D eigenvalue weighted by Gasteiger charge is 2.06. The van der Waals surface area contributed by atoms with E-state index >= 15 is 0 Å². The molecule has 0 spiro atoms. The highest BCUT2D eigenvalue weighted by Crippen LogP contribution is 2.27. The number of aromatic nitrogens is 1. The summed E-state index contributed by atoms with van der Waals surface area (Å²) in [5.41, 5.74) is 8.09. The van der Waals surface area contributed by atoms with Gasteiger partial charge in [0.1, 0.15) is 11.6 Å². The quantitative estimate of drug-likeness (QED) is 0.540. The molecule has 5 heteroatoms. The molecule has 0 aliphatic carbocycles. The molecule has 0 unspecified atom stereocenters. The first-order valence-electron chi connectivity index (χ1n) is 6.72. The minimum Gasteiger partial charge on any atom is -0.439 e. The molecule has 0 saturated carbocycles. The molecule has 110 valence electrons. The van der Waals surface area contributed by atoms with Crippen LogP contribution in [0.25, 0.3) is 10.9 Å². The standard InChI is InChI=1S/C17H14BrN3O/c1-10-8-16(21-15-9-12(18)4-7-14(10)15)22-13-5-2-11(3-6-13)17(19)20/h2-9H,1H3,(H3,19,20). The van der Waals surface area contributed by atoms with Gasteiger partial charge in [-0.05, 0) is 48.9 Å². The number of amidine groups is 1. The number of nitrogens with one attached hydrogen (secondary N) is 1. The molecule has 22 heavy (non-hydrogen) atoms. The summed E-state index contributed by atoms with van der Waals surface area (Å²) in [5, 5.41) is 8.49. The summed E-state index contributed by atoms with van der Waals surface area (Å²) < 4.78 is 6.79. The first-order valence-corrected chi connectivity index (χ1v) is 7.51. The summed E-state index contributed by atoms with van der Waals surface area (Å²) in [7, 11) is 0. The molecule has 1 heterocycles. The topological polar surface area (TPSA) is 72.0 Å². The second-order valence-corrected chi connectivity index (χ2v) is 5.89. The van der Waals surface area contributed by atoms with Crippen molar-refractivity contribution in [2.24, 2.45) is 5.73 Å². The summed E-state index contributed by atoms with van der Waals surface area (Å²) in [5.74, 6) is 1.24. The minimum atomic E-state index is 0.0380. The van der Waals surface area contributed by atoms with Gasteiger partial charge in [0.15, 0.2) is 0 Å². The zero-order chi connectivity index (χ0) is 15.7. The summed E-state index contributed by atoms with van der Waals surface area (Å²) in [4.78, 5) is 4.53. The SMILES string of the molecule is Cc1cc(Oc2ccc(C(=N)N)cc2)nc2cc(Br)ccc12. The fourth-order valence-corrected chi connectivity index (χ4v) is 2.57. The average Bonchev–Trinajstić information content (AvgIpc) is 2.47. The van der Waals surface area contributed by atoms with Gasteiger partial charge in [-0.25, -0.2) is 4.98 Å². The molecular formula is C17H14BrN3O. The Kier molecular flexibility index (Phi) is 3.81. The van der Waals surface area contributed by atoms with Crippen molar-refractivity contribution in [2.75, 3.05) is 0 Å². The number of nitrogen functional groups attached to an aromatic ring is 1. The number of hydrogen-bond acceptors (Lipinski definition) is 3. The molecule has 0 bridgehead atoms. The molecule has 0 aliphatic heterocycles. The molecular weight excluding hydrogens is 342 g/mol. The normalized spacial score (nSPS) is 10.6. The first kappa shape index (κ1) is 14.5. The Morgan fingerprint density at radius 3 is 2.55 bits per heavy atom. The monoisotopic (exact) mass is 355 g/mol. The lowest BCUT2D eigenvalue weighted by molar-refractivity contribution is 0.464. The Morgan fingerprint density at radius 1 is 1.14 bits per heavy atom. The van der Waals surface area contributed by atoms with Crippen molar-refractivity contribution in [1.82, 2.24) is 4.98 Å². The number of fused-ring (bicyclic) bond motifs is 1. The second kappa shape index (κ2) is 5.77. The fourth-order valence-electron chi connectivity index (χ4n) is 2.22. The molecule has 0 radical (unpaired) electrons. The summed E-state index contributed by atoms with van der Waals surface area (Å²) in [6.07, 6.45) is 0. The van der Waals surface area contributed by atoms with Crippen LogP contribution in [-0.2, 0) is 0 Å². The maximum absolute atomic E-state index is 7.39. The molecule has 0 amide bonds. The third-order valence-electron chi connectivity index (χ3n) is 3.34. The van der Waals surface area contributed by atoms with E-state index in [2.05, 4.69) is 20.9 Å². The molecule has 0 fully saturated rings. The smallest absolute Gasteiger partial charge is 0.220 e. The second-order valence-electron chi connectivity index (χ2n) is 4.98. The molecule has 3 aromatic rings. The van der Waals surface area contributed by atoms with Gasteiger partial charge in [-0.2, -0.15) is 0 Å². The molecule has 3 N–H and O–H groups in total. The molecule has 4 nitrogen and oxygen atoms in total. The predicted molar refractivity (Wildman–Crippen MR) is 91.7 cm³/mol. The van der Waals surface area contributed by atoms with Crippen molar-refractivity contribution in [3.05, 3.63) is 64.1 Å². The Morgan fingerprint density at radius 2 is 1.86 bits per heavy atom. The van der Waals surface area contributed by atoms with Gasteiger partial charge in [-0.3, -0.25) is 5.41 Å². The first-order chi connectivity index (χ1) is 10.5. The van der Waals surface area contributed by atoms with Gasteiger partial charge >= 0.3 is 0 Å². The number of nitrogens with two attached hydrogens (primary N) is 1. The van der Waals surface area contributed by atoms with E-state index in [9.17, 15) is 0 Å². The van der Waals surface area contributed by atoms with Crippen molar-refractivity contribution in [1.29, 1.82) is 5.41 Å². The van der Waals surface area contributed by atoms with Crippen molar-refractivity contribution < 1.29 is 4.74 Å². The third-order valence-corrected chi connectivity index (χ3v) is 3.84. The lowest BCUT2D eigenvalue weighted by atomic mass is 10.1. The Labute approximate surface area is 136 Å². The Balaban J connectivity index is 1.94. The van der Waals surface area contributed by atoms with Gasteiger partial charge in [0, 0.05) is 21.5 Å². The van der Waals surface area contributed by atoms with Crippen LogP contribution in [0.15, 0.2) is 53.0 Å². The molecule has 2 aromatic carbocycles. The Bertz CT molecular complexity index is 860. The molecule has 1 aromatic heterocycles.